The summed E-state index contributed by atoms with van der Waals surface area (Å²) in [7, 11) is 0. The molecule has 33 heavy (non-hydrogen) atoms. The predicted molar refractivity (Wildman–Crippen MR) is 126 cm³/mol. The number of carboxylic acids is 1. The summed E-state index contributed by atoms with van der Waals surface area (Å²) in [5.41, 5.74) is 4.05. The molecule has 0 unspecified atom stereocenters. The zero-order chi connectivity index (χ0) is 23.8. The Bertz CT molecular complexity index is 976. The van der Waals surface area contributed by atoms with Gasteiger partial charge in [-0.15, -0.1) is 0 Å². The van der Waals surface area contributed by atoms with E-state index in [0.717, 1.165) is 30.4 Å². The van der Waals surface area contributed by atoms with Crippen LogP contribution in [0.3, 0.4) is 0 Å². The SMILES string of the molecule is CCOC(=O)[C@H](CCc1ccccc1)N[C@@H](C)C(=O)N(CC(=O)O)c1ccc2c(c1)CCC2. The molecule has 0 aliphatic heterocycles. The van der Waals surface area contributed by atoms with E-state index in [4.69, 9.17) is 4.74 Å². The summed E-state index contributed by atoms with van der Waals surface area (Å²) in [4.78, 5) is 38.7. The van der Waals surface area contributed by atoms with Gasteiger partial charge in [0.2, 0.25) is 5.91 Å². The van der Waals surface area contributed by atoms with Crippen molar-refractivity contribution in [1.82, 2.24) is 5.32 Å². The number of anilines is 1. The van der Waals surface area contributed by atoms with Crippen LogP contribution in [-0.2, 0) is 38.4 Å². The Morgan fingerprint density at radius 2 is 1.82 bits per heavy atom. The summed E-state index contributed by atoms with van der Waals surface area (Å²) < 4.78 is 5.21. The van der Waals surface area contributed by atoms with E-state index >= 15 is 0 Å². The van der Waals surface area contributed by atoms with Gasteiger partial charge in [0.05, 0.1) is 12.6 Å². The molecule has 0 heterocycles. The van der Waals surface area contributed by atoms with Gasteiger partial charge in [-0.3, -0.25) is 24.6 Å². The molecule has 0 spiro atoms. The van der Waals surface area contributed by atoms with Crippen molar-refractivity contribution in [1.29, 1.82) is 0 Å². The Kier molecular flexibility index (Phi) is 8.60. The summed E-state index contributed by atoms with van der Waals surface area (Å²) in [6.07, 6.45) is 4.09. The van der Waals surface area contributed by atoms with Gasteiger partial charge in [-0.2, -0.15) is 0 Å². The van der Waals surface area contributed by atoms with Gasteiger partial charge in [-0.25, -0.2) is 0 Å². The second-order valence-electron chi connectivity index (χ2n) is 8.34. The Hall–Kier alpha value is -3.19. The van der Waals surface area contributed by atoms with E-state index in [9.17, 15) is 19.5 Å². The lowest BCUT2D eigenvalue weighted by Crippen LogP contribution is -2.52. The standard InChI is InChI=1S/C26H32N2O5/c1-3-33-26(32)23(15-12-19-8-5-4-6-9-19)27-18(2)25(31)28(17-24(29)30)22-14-13-20-10-7-11-21(20)16-22/h4-6,8-9,13-14,16,18,23,27H,3,7,10-12,15,17H2,1-2H3,(H,29,30)/t18-,23-/m0/s1. The van der Waals surface area contributed by atoms with Crippen molar-refractivity contribution in [2.45, 2.75) is 58.0 Å². The molecular formula is C26H32N2O5. The van der Waals surface area contributed by atoms with Crippen LogP contribution in [0.4, 0.5) is 5.69 Å². The smallest absolute Gasteiger partial charge is 0.323 e. The number of hydrogen-bond acceptors (Lipinski definition) is 5. The molecule has 1 aliphatic rings. The van der Waals surface area contributed by atoms with Gasteiger partial charge < -0.3 is 9.84 Å². The minimum absolute atomic E-state index is 0.241. The Balaban J connectivity index is 1.74. The molecule has 0 saturated carbocycles. The fourth-order valence-electron chi connectivity index (χ4n) is 4.23. The van der Waals surface area contributed by atoms with Crippen molar-refractivity contribution < 1.29 is 24.2 Å². The highest BCUT2D eigenvalue weighted by Crippen LogP contribution is 2.27. The van der Waals surface area contributed by atoms with Gasteiger partial charge in [0.1, 0.15) is 12.6 Å². The van der Waals surface area contributed by atoms with Crippen molar-refractivity contribution in [2.24, 2.45) is 0 Å². The predicted octanol–water partition coefficient (Wildman–Crippen LogP) is 3.14. The second-order valence-corrected chi connectivity index (χ2v) is 8.34. The van der Waals surface area contributed by atoms with Crippen LogP contribution in [0.15, 0.2) is 48.5 Å². The fraction of sp³-hybridized carbons (Fsp3) is 0.423. The van der Waals surface area contributed by atoms with Crippen LogP contribution in [0.25, 0.3) is 0 Å². The molecule has 3 rings (SSSR count). The first-order valence-electron chi connectivity index (χ1n) is 11.5. The van der Waals surface area contributed by atoms with E-state index in [1.54, 1.807) is 19.9 Å². The average Bonchev–Trinajstić information content (AvgIpc) is 3.28. The quantitative estimate of drug-likeness (QED) is 0.509. The number of carbonyl (C=O) groups is 3. The highest BCUT2D eigenvalue weighted by atomic mass is 16.5. The van der Waals surface area contributed by atoms with Crippen LogP contribution >= 0.6 is 0 Å². The third-order valence-electron chi connectivity index (χ3n) is 5.91. The number of aryl methyl sites for hydroxylation is 3. The molecule has 2 aromatic rings. The van der Waals surface area contributed by atoms with Gasteiger partial charge in [-0.1, -0.05) is 36.4 Å². The van der Waals surface area contributed by atoms with Crippen molar-refractivity contribution in [2.75, 3.05) is 18.1 Å². The number of esters is 1. The van der Waals surface area contributed by atoms with Crippen LogP contribution < -0.4 is 10.2 Å². The number of amides is 1. The topological polar surface area (TPSA) is 95.9 Å². The zero-order valence-electron chi connectivity index (χ0n) is 19.3. The Labute approximate surface area is 194 Å². The monoisotopic (exact) mass is 452 g/mol. The summed E-state index contributed by atoms with van der Waals surface area (Å²) >= 11 is 0. The molecule has 1 aliphatic carbocycles. The summed E-state index contributed by atoms with van der Waals surface area (Å²) in [5.74, 6) is -1.91. The molecule has 176 valence electrons. The third-order valence-corrected chi connectivity index (χ3v) is 5.91. The summed E-state index contributed by atoms with van der Waals surface area (Å²) in [5, 5.41) is 12.5. The number of nitrogens with one attached hydrogen (secondary N) is 1. The lowest BCUT2D eigenvalue weighted by atomic mass is 10.0. The van der Waals surface area contributed by atoms with E-state index in [0.29, 0.717) is 18.5 Å². The van der Waals surface area contributed by atoms with Crippen LogP contribution in [0.2, 0.25) is 0 Å². The first-order valence-corrected chi connectivity index (χ1v) is 11.5. The number of nitrogens with zero attached hydrogens (tertiary/aromatic N) is 1. The number of rotatable bonds is 11. The van der Waals surface area contributed by atoms with E-state index < -0.39 is 36.5 Å². The number of aliphatic carboxylic acids is 1. The first kappa shape index (κ1) is 24.5. The number of fused-ring (bicyclic) bond motifs is 1. The molecule has 0 bridgehead atoms. The van der Waals surface area contributed by atoms with Crippen molar-refractivity contribution in [3.63, 3.8) is 0 Å². The number of benzene rings is 2. The molecule has 7 heteroatoms. The highest BCUT2D eigenvalue weighted by Gasteiger charge is 2.29. The van der Waals surface area contributed by atoms with E-state index in [2.05, 4.69) is 5.32 Å². The molecule has 7 nitrogen and oxygen atoms in total. The normalized spacial score (nSPS) is 14.2. The van der Waals surface area contributed by atoms with Crippen molar-refractivity contribution in [3.05, 3.63) is 65.2 Å². The molecular weight excluding hydrogens is 420 g/mol. The minimum atomic E-state index is -1.10. The molecule has 2 aromatic carbocycles. The number of ether oxygens (including phenoxy) is 1. The van der Waals surface area contributed by atoms with E-state index in [1.807, 2.05) is 42.5 Å². The molecule has 0 saturated heterocycles. The summed E-state index contributed by atoms with van der Waals surface area (Å²) in [6, 6.07) is 14.0. The Morgan fingerprint density at radius 1 is 1.09 bits per heavy atom. The number of carboxylic acid groups (broad SMARTS) is 1. The molecule has 0 aromatic heterocycles. The molecule has 2 N–H and O–H groups in total. The lowest BCUT2D eigenvalue weighted by molar-refractivity contribution is -0.146. The molecule has 2 atom stereocenters. The first-order chi connectivity index (χ1) is 15.9. The minimum Gasteiger partial charge on any atom is -0.480 e. The van der Waals surface area contributed by atoms with Gasteiger partial charge in [-0.05, 0) is 74.8 Å². The molecule has 1 amide bonds. The largest absolute Gasteiger partial charge is 0.480 e. The van der Waals surface area contributed by atoms with Crippen LogP contribution in [0.1, 0.15) is 43.4 Å². The molecule has 0 fully saturated rings. The number of carbonyl (C=O) groups excluding carboxylic acids is 2. The lowest BCUT2D eigenvalue weighted by Gasteiger charge is -2.28. The van der Waals surface area contributed by atoms with Gasteiger partial charge in [0.25, 0.3) is 0 Å². The third kappa shape index (κ3) is 6.65. The van der Waals surface area contributed by atoms with Crippen molar-refractivity contribution in [3.8, 4) is 0 Å². The van der Waals surface area contributed by atoms with Crippen LogP contribution in [0.5, 0.6) is 0 Å². The molecule has 0 radical (unpaired) electrons. The highest BCUT2D eigenvalue weighted by molar-refractivity contribution is 6.00. The zero-order valence-corrected chi connectivity index (χ0v) is 19.3. The summed E-state index contributed by atoms with van der Waals surface area (Å²) in [6.45, 7) is 3.19. The maximum absolute atomic E-state index is 13.3. The van der Waals surface area contributed by atoms with Gasteiger partial charge >= 0.3 is 11.9 Å². The second kappa shape index (κ2) is 11.6. The van der Waals surface area contributed by atoms with Crippen LogP contribution in [-0.4, -0.2) is 48.2 Å². The maximum atomic E-state index is 13.3. The van der Waals surface area contributed by atoms with Crippen molar-refractivity contribution >= 4 is 23.5 Å². The van der Waals surface area contributed by atoms with Gasteiger partial charge in [0.15, 0.2) is 0 Å². The fourth-order valence-corrected chi connectivity index (χ4v) is 4.23. The van der Waals surface area contributed by atoms with Gasteiger partial charge in [0, 0.05) is 5.69 Å². The van der Waals surface area contributed by atoms with E-state index in [-0.39, 0.29) is 6.61 Å². The Morgan fingerprint density at radius 3 is 2.52 bits per heavy atom. The number of hydrogen-bond donors (Lipinski definition) is 2. The van der Waals surface area contributed by atoms with Crippen LogP contribution in [0, 0.1) is 0 Å². The average molecular weight is 453 g/mol. The maximum Gasteiger partial charge on any atom is 0.323 e. The van der Waals surface area contributed by atoms with E-state index in [1.165, 1.54) is 10.5 Å².